The van der Waals surface area contributed by atoms with Crippen molar-refractivity contribution in [3.05, 3.63) is 28.2 Å². The highest BCUT2D eigenvalue weighted by molar-refractivity contribution is 9.10. The Hall–Kier alpha value is -0.410. The molecule has 1 aromatic carbocycles. The molecule has 0 aromatic heterocycles. The Balaban J connectivity index is 2.96. The van der Waals surface area contributed by atoms with Crippen molar-refractivity contribution in [2.75, 3.05) is 0 Å². The molecule has 1 aromatic rings. The fourth-order valence-corrected chi connectivity index (χ4v) is 1.22. The zero-order valence-corrected chi connectivity index (χ0v) is 8.71. The normalized spacial score (nSPS) is 11.3. The molecule has 1 rings (SSSR count). The summed E-state index contributed by atoms with van der Waals surface area (Å²) in [5.74, 6) is 0.446. The van der Waals surface area contributed by atoms with E-state index in [0.29, 0.717) is 5.75 Å². The minimum atomic E-state index is -2.13. The summed E-state index contributed by atoms with van der Waals surface area (Å²) < 4.78 is 5.76. The lowest BCUT2D eigenvalue weighted by molar-refractivity contribution is 0.0122. The van der Waals surface area contributed by atoms with E-state index in [1.54, 1.807) is 12.1 Å². The predicted molar refractivity (Wildman–Crippen MR) is 56.0 cm³/mol. The summed E-state index contributed by atoms with van der Waals surface area (Å²) in [6.45, 7) is 1.82. The Kier molecular flexibility index (Phi) is 3.09. The summed E-state index contributed by atoms with van der Waals surface area (Å²) in [7, 11) is 10.2. The molecule has 0 fully saturated rings. The van der Waals surface area contributed by atoms with Crippen LogP contribution in [-0.2, 0) is 0 Å². The van der Waals surface area contributed by atoms with Gasteiger partial charge in [-0.15, -0.1) is 0 Å². The van der Waals surface area contributed by atoms with Gasteiger partial charge in [0.15, 0.2) is 15.7 Å². The largest absolute Gasteiger partial charge is 0.481 e. The molecule has 1 N–H and O–H groups in total. The lowest BCUT2D eigenvalue weighted by Gasteiger charge is -2.22. The van der Waals surface area contributed by atoms with Crippen LogP contribution in [-0.4, -0.2) is 26.4 Å². The number of halogens is 1. The highest BCUT2D eigenvalue weighted by Gasteiger charge is 2.14. The molecule has 0 aliphatic carbocycles. The molecule has 0 atom stereocenters. The van der Waals surface area contributed by atoms with Gasteiger partial charge in [-0.1, -0.05) is 22.0 Å². The fourth-order valence-electron chi connectivity index (χ4n) is 0.874. The van der Waals surface area contributed by atoms with Crippen molar-refractivity contribution in [2.45, 2.75) is 12.5 Å². The molecule has 0 aliphatic rings. The third-order valence-electron chi connectivity index (χ3n) is 1.49. The zero-order valence-electron chi connectivity index (χ0n) is 7.12. The third-order valence-corrected chi connectivity index (χ3v) is 2.35. The van der Waals surface area contributed by atoms with Crippen LogP contribution in [0.3, 0.4) is 0 Å². The van der Waals surface area contributed by atoms with Crippen LogP contribution in [0.1, 0.15) is 5.56 Å². The maximum absolute atomic E-state index is 9.00. The van der Waals surface area contributed by atoms with Gasteiger partial charge < -0.3 is 9.84 Å². The summed E-state index contributed by atoms with van der Waals surface area (Å²) in [5.41, 5.74) is -1.30. The molecule has 0 saturated carbocycles. The molecule has 0 spiro atoms. The molecule has 2 nitrogen and oxygen atoms in total. The van der Waals surface area contributed by atoms with Gasteiger partial charge in [-0.3, -0.25) is 0 Å². The van der Waals surface area contributed by atoms with E-state index in [1.165, 1.54) is 0 Å². The Bertz CT molecular complexity index is 310. The zero-order chi connectivity index (χ0) is 10.1. The first-order chi connectivity index (χ1) is 5.90. The van der Waals surface area contributed by atoms with Crippen molar-refractivity contribution in [2.24, 2.45) is 0 Å². The van der Waals surface area contributed by atoms with Crippen LogP contribution in [0.4, 0.5) is 0 Å². The van der Waals surface area contributed by atoms with E-state index < -0.39 is 5.59 Å². The Morgan fingerprint density at radius 2 is 2.08 bits per heavy atom. The van der Waals surface area contributed by atoms with Crippen molar-refractivity contribution in [3.63, 3.8) is 0 Å². The Morgan fingerprint density at radius 3 is 2.62 bits per heavy atom. The average Bonchev–Trinajstić information content (AvgIpc) is 1.96. The maximum Gasteiger partial charge on any atom is 0.156 e. The van der Waals surface area contributed by atoms with E-state index in [2.05, 4.69) is 15.9 Å². The van der Waals surface area contributed by atoms with Crippen LogP contribution < -0.4 is 4.74 Å². The Morgan fingerprint density at radius 1 is 1.46 bits per heavy atom. The fraction of sp³-hybridized carbons (Fsp3) is 0.250. The van der Waals surface area contributed by atoms with Gasteiger partial charge in [-0.05, 0) is 19.1 Å². The second-order valence-electron chi connectivity index (χ2n) is 2.72. The van der Waals surface area contributed by atoms with Crippen LogP contribution in [0.2, 0.25) is 0 Å². The summed E-state index contributed by atoms with van der Waals surface area (Å²) in [6, 6.07) is 5.29. The minimum absolute atomic E-state index is 0.446. The molecule has 13 heavy (non-hydrogen) atoms. The van der Waals surface area contributed by atoms with E-state index in [4.69, 9.17) is 25.5 Å². The molecule has 4 radical (unpaired) electrons. The Labute approximate surface area is 88.2 Å². The number of benzene rings is 1. The molecule has 0 aliphatic heterocycles. The first-order valence-corrected chi connectivity index (χ1v) is 4.44. The monoisotopic (exact) mass is 236 g/mol. The molecule has 0 saturated heterocycles. The topological polar surface area (TPSA) is 29.5 Å². The van der Waals surface area contributed by atoms with Crippen molar-refractivity contribution in [1.82, 2.24) is 0 Å². The first-order valence-electron chi connectivity index (χ1n) is 3.64. The van der Waals surface area contributed by atoms with Gasteiger partial charge in [-0.25, -0.2) is 0 Å². The first kappa shape index (κ1) is 10.7. The number of aliphatic hydroxyl groups is 1. The predicted octanol–water partition coefficient (Wildman–Crippen LogP) is 1.08. The standard InChI is InChI=1S/C8H7B2BrO2/c1-5-6(11)3-2-4-7(5)13-8(9,10)12/h2-4,12H,1H3. The van der Waals surface area contributed by atoms with Crippen molar-refractivity contribution in [1.29, 1.82) is 0 Å². The lowest BCUT2D eigenvalue weighted by Crippen LogP contribution is -2.36. The highest BCUT2D eigenvalue weighted by Crippen LogP contribution is 2.26. The maximum atomic E-state index is 9.00. The molecule has 0 heterocycles. The van der Waals surface area contributed by atoms with E-state index in [1.807, 2.05) is 13.0 Å². The van der Waals surface area contributed by atoms with Crippen LogP contribution in [0, 0.1) is 6.92 Å². The van der Waals surface area contributed by atoms with Crippen LogP contribution >= 0.6 is 15.9 Å². The lowest BCUT2D eigenvalue weighted by atomic mass is 9.76. The molecule has 0 amide bonds. The van der Waals surface area contributed by atoms with Gasteiger partial charge in [-0.2, -0.15) is 0 Å². The van der Waals surface area contributed by atoms with Gasteiger partial charge in [0.2, 0.25) is 0 Å². The van der Waals surface area contributed by atoms with Gasteiger partial charge in [0.05, 0.1) is 0 Å². The van der Waals surface area contributed by atoms with Crippen molar-refractivity contribution < 1.29 is 9.84 Å². The van der Waals surface area contributed by atoms with Crippen LogP contribution in [0.25, 0.3) is 0 Å². The second kappa shape index (κ2) is 3.76. The third kappa shape index (κ3) is 3.08. The molecule has 5 heteroatoms. The quantitative estimate of drug-likeness (QED) is 0.615. The van der Waals surface area contributed by atoms with Crippen LogP contribution in [0.15, 0.2) is 22.7 Å². The smallest absolute Gasteiger partial charge is 0.156 e. The number of hydrogen-bond acceptors (Lipinski definition) is 2. The average molecular weight is 237 g/mol. The number of rotatable bonds is 2. The van der Waals surface area contributed by atoms with Gasteiger partial charge in [0, 0.05) is 10.0 Å². The number of hydrogen-bond donors (Lipinski definition) is 1. The van der Waals surface area contributed by atoms with Crippen molar-refractivity contribution >= 4 is 31.6 Å². The summed E-state index contributed by atoms with van der Waals surface area (Å²) in [6.07, 6.45) is 0. The van der Waals surface area contributed by atoms with Gasteiger partial charge >= 0.3 is 0 Å². The van der Waals surface area contributed by atoms with Crippen molar-refractivity contribution in [3.8, 4) is 5.75 Å². The summed E-state index contributed by atoms with van der Waals surface area (Å²) >= 11 is 3.31. The van der Waals surface area contributed by atoms with Gasteiger partial charge in [0.1, 0.15) is 11.3 Å². The summed E-state index contributed by atoms with van der Waals surface area (Å²) in [4.78, 5) is 0. The number of ether oxygens (including phenoxy) is 1. The molecular formula is C8H7B2BrO2. The molecule has 0 bridgehead atoms. The highest BCUT2D eigenvalue weighted by atomic mass is 79.9. The summed E-state index contributed by atoms with van der Waals surface area (Å²) in [5, 5.41) is 9.00. The van der Waals surface area contributed by atoms with Crippen LogP contribution in [0.5, 0.6) is 5.75 Å². The van der Waals surface area contributed by atoms with E-state index >= 15 is 0 Å². The van der Waals surface area contributed by atoms with E-state index in [-0.39, 0.29) is 0 Å². The van der Waals surface area contributed by atoms with E-state index in [0.717, 1.165) is 10.0 Å². The minimum Gasteiger partial charge on any atom is -0.481 e. The molecule has 64 valence electrons. The van der Waals surface area contributed by atoms with Gasteiger partial charge in [0.25, 0.3) is 0 Å². The van der Waals surface area contributed by atoms with E-state index in [9.17, 15) is 0 Å². The second-order valence-corrected chi connectivity index (χ2v) is 3.57. The molecular weight excluding hydrogens is 230 g/mol. The SMILES string of the molecule is [B]C([B])(O)Oc1cccc(Br)c1C. The molecule has 0 unspecified atom stereocenters.